The summed E-state index contributed by atoms with van der Waals surface area (Å²) in [6.45, 7) is 0. The predicted octanol–water partition coefficient (Wildman–Crippen LogP) is 2.34. The molecule has 1 aliphatic rings. The maximum atomic E-state index is 6.28. The Balaban J connectivity index is 1.95. The van der Waals surface area contributed by atoms with E-state index >= 15 is 0 Å². The zero-order valence-electron chi connectivity index (χ0n) is 11.2. The van der Waals surface area contributed by atoms with Crippen LogP contribution in [0.2, 0.25) is 0 Å². The average Bonchev–Trinajstić information content (AvgIpc) is 2.72. The number of pyridine rings is 1. The molecule has 3 N–H and O–H groups in total. The minimum atomic E-state index is 0.199. The van der Waals surface area contributed by atoms with Crippen LogP contribution in [0.25, 0.3) is 11.2 Å². The summed E-state index contributed by atoms with van der Waals surface area (Å²) in [5.74, 6) is 1.89. The largest absolute Gasteiger partial charge is 0.481 e. The minimum Gasteiger partial charge on any atom is -0.481 e. The second-order valence-corrected chi connectivity index (χ2v) is 5.26. The standard InChI is InChI=1S/C14H20N4O/c1-19-12-8-7-11-14(17-12)18-13(16-11)9-5-3-2-4-6-10(9)15/h7-10H,2-6,15H2,1H3,(H,16,17,18). The number of hydrogen-bond donors (Lipinski definition) is 2. The van der Waals surface area contributed by atoms with Gasteiger partial charge in [-0.3, -0.25) is 0 Å². The third-order valence-corrected chi connectivity index (χ3v) is 3.97. The molecule has 0 spiro atoms. The Labute approximate surface area is 112 Å². The zero-order chi connectivity index (χ0) is 13.2. The van der Waals surface area contributed by atoms with E-state index in [1.807, 2.05) is 12.1 Å². The van der Waals surface area contributed by atoms with Crippen molar-refractivity contribution in [1.82, 2.24) is 15.0 Å². The highest BCUT2D eigenvalue weighted by Gasteiger charge is 2.25. The van der Waals surface area contributed by atoms with Gasteiger partial charge in [0.2, 0.25) is 5.88 Å². The lowest BCUT2D eigenvalue weighted by Gasteiger charge is -2.18. The summed E-state index contributed by atoms with van der Waals surface area (Å²) < 4.78 is 5.13. The van der Waals surface area contributed by atoms with Crippen LogP contribution >= 0.6 is 0 Å². The summed E-state index contributed by atoms with van der Waals surface area (Å²) in [5, 5.41) is 0. The molecule has 19 heavy (non-hydrogen) atoms. The Morgan fingerprint density at radius 1 is 1.21 bits per heavy atom. The van der Waals surface area contributed by atoms with Gasteiger partial charge in [0, 0.05) is 18.0 Å². The second kappa shape index (κ2) is 5.17. The quantitative estimate of drug-likeness (QED) is 0.812. The van der Waals surface area contributed by atoms with Crippen molar-refractivity contribution in [3.63, 3.8) is 0 Å². The smallest absolute Gasteiger partial charge is 0.215 e. The lowest BCUT2D eigenvalue weighted by atomic mass is 9.95. The first kappa shape index (κ1) is 12.4. The van der Waals surface area contributed by atoms with Crippen molar-refractivity contribution in [2.75, 3.05) is 7.11 Å². The van der Waals surface area contributed by atoms with E-state index in [-0.39, 0.29) is 6.04 Å². The molecule has 1 fully saturated rings. The Hall–Kier alpha value is -1.62. The summed E-state index contributed by atoms with van der Waals surface area (Å²) in [6.07, 6.45) is 5.92. The van der Waals surface area contributed by atoms with Gasteiger partial charge in [0.05, 0.1) is 12.6 Å². The van der Waals surface area contributed by atoms with Gasteiger partial charge in [-0.05, 0) is 18.9 Å². The lowest BCUT2D eigenvalue weighted by Crippen LogP contribution is -2.28. The third kappa shape index (κ3) is 2.42. The molecular formula is C14H20N4O. The molecule has 2 aromatic heterocycles. The van der Waals surface area contributed by atoms with Crippen LogP contribution < -0.4 is 10.5 Å². The monoisotopic (exact) mass is 260 g/mol. The molecule has 102 valence electrons. The molecule has 0 aliphatic heterocycles. The molecule has 0 saturated heterocycles. The number of ether oxygens (including phenoxy) is 1. The fourth-order valence-electron chi connectivity index (χ4n) is 2.86. The summed E-state index contributed by atoms with van der Waals surface area (Å²) in [6, 6.07) is 4.00. The normalized spacial score (nSPS) is 24.3. The maximum Gasteiger partial charge on any atom is 0.215 e. The van der Waals surface area contributed by atoms with Crippen molar-refractivity contribution in [1.29, 1.82) is 0 Å². The van der Waals surface area contributed by atoms with E-state index in [0.717, 1.165) is 24.2 Å². The van der Waals surface area contributed by atoms with Gasteiger partial charge >= 0.3 is 0 Å². The van der Waals surface area contributed by atoms with Crippen molar-refractivity contribution in [3.05, 3.63) is 18.0 Å². The van der Waals surface area contributed by atoms with Crippen molar-refractivity contribution in [2.45, 2.75) is 44.1 Å². The van der Waals surface area contributed by atoms with Crippen LogP contribution in [0.4, 0.5) is 0 Å². The molecule has 3 rings (SSSR count). The molecular weight excluding hydrogens is 240 g/mol. The number of methoxy groups -OCH3 is 1. The van der Waals surface area contributed by atoms with Gasteiger partial charge < -0.3 is 15.5 Å². The van der Waals surface area contributed by atoms with Crippen LogP contribution in [-0.4, -0.2) is 28.1 Å². The maximum absolute atomic E-state index is 6.28. The van der Waals surface area contributed by atoms with Crippen molar-refractivity contribution in [3.8, 4) is 5.88 Å². The van der Waals surface area contributed by atoms with E-state index in [1.165, 1.54) is 19.3 Å². The van der Waals surface area contributed by atoms with Gasteiger partial charge in [-0.1, -0.05) is 19.3 Å². The number of rotatable bonds is 2. The van der Waals surface area contributed by atoms with Crippen LogP contribution in [0.3, 0.4) is 0 Å². The van der Waals surface area contributed by atoms with Crippen LogP contribution in [-0.2, 0) is 0 Å². The highest BCUT2D eigenvalue weighted by atomic mass is 16.5. The Morgan fingerprint density at radius 3 is 2.89 bits per heavy atom. The highest BCUT2D eigenvalue weighted by Crippen LogP contribution is 2.30. The number of nitrogens with zero attached hydrogens (tertiary/aromatic N) is 2. The molecule has 5 heteroatoms. The molecule has 0 aromatic carbocycles. The van der Waals surface area contributed by atoms with Gasteiger partial charge in [0.25, 0.3) is 0 Å². The second-order valence-electron chi connectivity index (χ2n) is 5.26. The minimum absolute atomic E-state index is 0.199. The first-order chi connectivity index (χ1) is 9.28. The number of hydrogen-bond acceptors (Lipinski definition) is 4. The van der Waals surface area contributed by atoms with E-state index in [9.17, 15) is 0 Å². The van der Waals surface area contributed by atoms with Crippen LogP contribution in [0.5, 0.6) is 5.88 Å². The summed E-state index contributed by atoms with van der Waals surface area (Å²) in [7, 11) is 1.61. The molecule has 0 bridgehead atoms. The van der Waals surface area contributed by atoms with Gasteiger partial charge in [-0.2, -0.15) is 4.98 Å². The molecule has 2 atom stereocenters. The number of aromatic nitrogens is 3. The SMILES string of the molecule is COc1ccc2[nH]c(C3CCCCCC3N)nc2n1. The molecule has 0 amide bonds. The number of H-pyrrole nitrogens is 1. The number of nitrogens with two attached hydrogens (primary N) is 1. The van der Waals surface area contributed by atoms with Crippen LogP contribution in [0.15, 0.2) is 12.1 Å². The van der Waals surface area contributed by atoms with Crippen molar-refractivity contribution in [2.24, 2.45) is 5.73 Å². The summed E-state index contributed by atoms with van der Waals surface area (Å²) >= 11 is 0. The summed E-state index contributed by atoms with van der Waals surface area (Å²) in [4.78, 5) is 12.3. The van der Waals surface area contributed by atoms with Gasteiger partial charge in [-0.25, -0.2) is 4.98 Å². The van der Waals surface area contributed by atoms with Crippen LogP contribution in [0, 0.1) is 0 Å². The lowest BCUT2D eigenvalue weighted by molar-refractivity contribution is 0.399. The van der Waals surface area contributed by atoms with E-state index in [1.54, 1.807) is 7.11 Å². The Bertz CT molecular complexity index is 566. The van der Waals surface area contributed by atoms with E-state index in [2.05, 4.69) is 15.0 Å². The fourth-order valence-corrected chi connectivity index (χ4v) is 2.86. The first-order valence-electron chi connectivity index (χ1n) is 6.94. The van der Waals surface area contributed by atoms with E-state index in [0.29, 0.717) is 17.4 Å². The molecule has 5 nitrogen and oxygen atoms in total. The molecule has 1 saturated carbocycles. The highest BCUT2D eigenvalue weighted by molar-refractivity contribution is 5.71. The zero-order valence-corrected chi connectivity index (χ0v) is 11.2. The molecule has 2 heterocycles. The van der Waals surface area contributed by atoms with Gasteiger partial charge in [-0.15, -0.1) is 0 Å². The van der Waals surface area contributed by atoms with Gasteiger partial charge in [0.15, 0.2) is 5.65 Å². The van der Waals surface area contributed by atoms with Crippen LogP contribution in [0.1, 0.15) is 43.8 Å². The summed E-state index contributed by atoms with van der Waals surface area (Å²) in [5.41, 5.74) is 7.95. The molecule has 2 aromatic rings. The molecule has 1 aliphatic carbocycles. The van der Waals surface area contributed by atoms with E-state index in [4.69, 9.17) is 10.5 Å². The predicted molar refractivity (Wildman–Crippen MR) is 74.2 cm³/mol. The van der Waals surface area contributed by atoms with Gasteiger partial charge in [0.1, 0.15) is 5.82 Å². The van der Waals surface area contributed by atoms with Crippen molar-refractivity contribution < 1.29 is 4.74 Å². The number of imidazole rings is 1. The number of fused-ring (bicyclic) bond motifs is 1. The topological polar surface area (TPSA) is 76.8 Å². The Kier molecular flexibility index (Phi) is 3.38. The number of aromatic amines is 1. The van der Waals surface area contributed by atoms with E-state index < -0.39 is 0 Å². The van der Waals surface area contributed by atoms with Crippen molar-refractivity contribution >= 4 is 11.2 Å². The molecule has 0 radical (unpaired) electrons. The third-order valence-electron chi connectivity index (χ3n) is 3.97. The first-order valence-corrected chi connectivity index (χ1v) is 6.94. The Morgan fingerprint density at radius 2 is 2.05 bits per heavy atom. The molecule has 2 unspecified atom stereocenters. The number of nitrogens with one attached hydrogen (secondary N) is 1. The fraction of sp³-hybridized carbons (Fsp3) is 0.571. The average molecular weight is 260 g/mol.